The first-order chi connectivity index (χ1) is 8.43. The van der Waals surface area contributed by atoms with E-state index in [0.717, 1.165) is 10.1 Å². The van der Waals surface area contributed by atoms with E-state index in [-0.39, 0.29) is 11.2 Å². The zero-order valence-electron chi connectivity index (χ0n) is 11.0. The predicted octanol–water partition coefficient (Wildman–Crippen LogP) is 0.400. The maximum atomic E-state index is 12.1. The molecule has 0 aliphatic rings. The number of rotatable bonds is 2. The number of fused-ring (bicyclic) bond motifs is 1. The number of allylic oxidation sites excluding steroid dienone is 2. The van der Waals surface area contributed by atoms with Gasteiger partial charge in [-0.1, -0.05) is 11.6 Å². The van der Waals surface area contributed by atoms with Crippen molar-refractivity contribution in [2.24, 2.45) is 14.1 Å². The summed E-state index contributed by atoms with van der Waals surface area (Å²) in [6.07, 6.45) is 3.48. The maximum Gasteiger partial charge on any atom is 0.332 e. The van der Waals surface area contributed by atoms with Gasteiger partial charge in [0.15, 0.2) is 11.2 Å². The third kappa shape index (κ3) is 1.79. The van der Waals surface area contributed by atoms with Gasteiger partial charge in [-0.05, 0) is 13.8 Å². The van der Waals surface area contributed by atoms with Crippen LogP contribution in [0.25, 0.3) is 11.2 Å². The molecule has 18 heavy (non-hydrogen) atoms. The largest absolute Gasteiger partial charge is 0.332 e. The second-order valence-corrected chi connectivity index (χ2v) is 4.57. The Labute approximate surface area is 104 Å². The average molecular weight is 248 g/mol. The molecule has 2 aromatic rings. The van der Waals surface area contributed by atoms with Crippen LogP contribution in [0.5, 0.6) is 0 Å². The van der Waals surface area contributed by atoms with Crippen LogP contribution in [-0.2, 0) is 20.6 Å². The Hall–Kier alpha value is -2.11. The van der Waals surface area contributed by atoms with Gasteiger partial charge in [0.1, 0.15) is 0 Å². The van der Waals surface area contributed by atoms with Crippen LogP contribution in [0.2, 0.25) is 0 Å². The van der Waals surface area contributed by atoms with Crippen molar-refractivity contribution in [1.82, 2.24) is 18.7 Å². The normalized spacial score (nSPS) is 10.9. The van der Waals surface area contributed by atoms with E-state index in [2.05, 4.69) is 4.98 Å². The first-order valence-corrected chi connectivity index (χ1v) is 5.67. The monoisotopic (exact) mass is 248 g/mol. The van der Waals surface area contributed by atoms with Gasteiger partial charge in [-0.3, -0.25) is 13.9 Å². The highest BCUT2D eigenvalue weighted by molar-refractivity contribution is 5.69. The minimum absolute atomic E-state index is 0.316. The van der Waals surface area contributed by atoms with Gasteiger partial charge in [-0.25, -0.2) is 9.78 Å². The molecule has 0 radical (unpaired) electrons. The minimum Gasteiger partial charge on any atom is -0.328 e. The van der Waals surface area contributed by atoms with Crippen LogP contribution in [0.3, 0.4) is 0 Å². The van der Waals surface area contributed by atoms with Crippen LogP contribution in [0, 0.1) is 0 Å². The van der Waals surface area contributed by atoms with Crippen LogP contribution in [-0.4, -0.2) is 18.7 Å². The molecule has 0 fully saturated rings. The van der Waals surface area contributed by atoms with Crippen LogP contribution in [0.15, 0.2) is 27.6 Å². The van der Waals surface area contributed by atoms with Gasteiger partial charge in [0, 0.05) is 20.6 Å². The molecule has 96 valence electrons. The smallest absolute Gasteiger partial charge is 0.328 e. The minimum atomic E-state index is -0.344. The van der Waals surface area contributed by atoms with Crippen molar-refractivity contribution < 1.29 is 0 Å². The van der Waals surface area contributed by atoms with E-state index in [9.17, 15) is 9.59 Å². The summed E-state index contributed by atoms with van der Waals surface area (Å²) < 4.78 is 4.25. The molecule has 2 heterocycles. The Morgan fingerprint density at radius 2 is 2.00 bits per heavy atom. The predicted molar refractivity (Wildman–Crippen MR) is 69.6 cm³/mol. The average Bonchev–Trinajstić information content (AvgIpc) is 2.68. The van der Waals surface area contributed by atoms with Crippen molar-refractivity contribution in [2.75, 3.05) is 0 Å². The fraction of sp³-hybridized carbons (Fsp3) is 0.417. The van der Waals surface area contributed by atoms with E-state index in [0.29, 0.717) is 17.7 Å². The van der Waals surface area contributed by atoms with Crippen LogP contribution >= 0.6 is 0 Å². The summed E-state index contributed by atoms with van der Waals surface area (Å²) in [6.45, 7) is 4.34. The third-order valence-electron chi connectivity index (χ3n) is 2.88. The Morgan fingerprint density at radius 3 is 2.61 bits per heavy atom. The van der Waals surface area contributed by atoms with Gasteiger partial charge in [-0.2, -0.15) is 0 Å². The highest BCUT2D eigenvalue weighted by atomic mass is 16.2. The van der Waals surface area contributed by atoms with Crippen molar-refractivity contribution >= 4 is 11.2 Å². The first kappa shape index (κ1) is 12.3. The molecule has 0 saturated carbocycles. The first-order valence-electron chi connectivity index (χ1n) is 5.67. The Balaban J connectivity index is 2.84. The van der Waals surface area contributed by atoms with Gasteiger partial charge in [0.25, 0.3) is 5.56 Å². The maximum absolute atomic E-state index is 12.1. The second kappa shape index (κ2) is 4.29. The lowest BCUT2D eigenvalue weighted by Gasteiger charge is -2.07. The zero-order valence-corrected chi connectivity index (χ0v) is 11.0. The molecule has 6 heteroatoms. The van der Waals surface area contributed by atoms with Crippen molar-refractivity contribution in [3.63, 3.8) is 0 Å². The molecule has 6 nitrogen and oxygen atoms in total. The van der Waals surface area contributed by atoms with Crippen molar-refractivity contribution in [3.8, 4) is 0 Å². The summed E-state index contributed by atoms with van der Waals surface area (Å²) >= 11 is 0. The summed E-state index contributed by atoms with van der Waals surface area (Å²) in [6, 6.07) is 0. The molecule has 0 aliphatic carbocycles. The SMILES string of the molecule is CC(C)=CCn1c(=O)n(C)c(=O)c2c1ncn2C. The molecule has 2 rings (SSSR count). The number of aromatic nitrogens is 4. The van der Waals surface area contributed by atoms with Crippen LogP contribution < -0.4 is 11.2 Å². The molecule has 0 amide bonds. The molecule has 0 bridgehead atoms. The van der Waals surface area contributed by atoms with E-state index in [1.54, 1.807) is 17.9 Å². The summed E-state index contributed by atoms with van der Waals surface area (Å²) in [5.74, 6) is 0. The highest BCUT2D eigenvalue weighted by Gasteiger charge is 2.13. The zero-order chi connectivity index (χ0) is 13.4. The van der Waals surface area contributed by atoms with Crippen molar-refractivity contribution in [1.29, 1.82) is 0 Å². The Morgan fingerprint density at radius 1 is 1.33 bits per heavy atom. The lowest BCUT2D eigenvalue weighted by Crippen LogP contribution is -2.38. The second-order valence-electron chi connectivity index (χ2n) is 4.57. The van der Waals surface area contributed by atoms with E-state index in [4.69, 9.17) is 0 Å². The molecule has 2 aromatic heterocycles. The quantitative estimate of drug-likeness (QED) is 0.723. The fourth-order valence-corrected chi connectivity index (χ4v) is 1.82. The number of hydrogen-bond donors (Lipinski definition) is 0. The standard InChI is InChI=1S/C12H16N4O2/c1-8(2)5-6-16-10-9(14(3)7-13-10)11(17)15(4)12(16)18/h5,7H,6H2,1-4H3. The van der Waals surface area contributed by atoms with E-state index >= 15 is 0 Å². The topological polar surface area (TPSA) is 61.8 Å². The van der Waals surface area contributed by atoms with Gasteiger partial charge in [0.05, 0.1) is 6.33 Å². The number of hydrogen-bond acceptors (Lipinski definition) is 3. The molecular formula is C12H16N4O2. The third-order valence-corrected chi connectivity index (χ3v) is 2.88. The lowest BCUT2D eigenvalue weighted by atomic mass is 10.3. The number of imidazole rings is 1. The summed E-state index contributed by atoms with van der Waals surface area (Å²) in [5.41, 5.74) is 1.33. The summed E-state index contributed by atoms with van der Waals surface area (Å²) in [4.78, 5) is 28.2. The molecular weight excluding hydrogens is 232 g/mol. The van der Waals surface area contributed by atoms with E-state index in [1.165, 1.54) is 11.6 Å². The molecule has 0 atom stereocenters. The van der Waals surface area contributed by atoms with Gasteiger partial charge >= 0.3 is 5.69 Å². The van der Waals surface area contributed by atoms with Crippen molar-refractivity contribution in [2.45, 2.75) is 20.4 Å². The van der Waals surface area contributed by atoms with Crippen LogP contribution in [0.4, 0.5) is 0 Å². The molecule has 0 aliphatic heterocycles. The number of aryl methyl sites for hydroxylation is 1. The lowest BCUT2D eigenvalue weighted by molar-refractivity contribution is 0.673. The molecule has 0 N–H and O–H groups in total. The highest BCUT2D eigenvalue weighted by Crippen LogP contribution is 2.05. The Bertz CT molecular complexity index is 742. The molecule has 0 aromatic carbocycles. The molecule has 0 spiro atoms. The molecule has 0 unspecified atom stereocenters. The summed E-state index contributed by atoms with van der Waals surface area (Å²) in [7, 11) is 3.22. The van der Waals surface area contributed by atoms with Gasteiger partial charge in [0.2, 0.25) is 0 Å². The van der Waals surface area contributed by atoms with Crippen LogP contribution in [0.1, 0.15) is 13.8 Å². The van der Waals surface area contributed by atoms with E-state index < -0.39 is 0 Å². The van der Waals surface area contributed by atoms with E-state index in [1.807, 2.05) is 19.9 Å². The Kier molecular flexibility index (Phi) is 2.94. The van der Waals surface area contributed by atoms with Gasteiger partial charge < -0.3 is 4.57 Å². The molecule has 0 saturated heterocycles. The summed E-state index contributed by atoms with van der Waals surface area (Å²) in [5, 5.41) is 0. The fourth-order valence-electron chi connectivity index (χ4n) is 1.82. The van der Waals surface area contributed by atoms with Crippen molar-refractivity contribution in [3.05, 3.63) is 38.8 Å². The van der Waals surface area contributed by atoms with Gasteiger partial charge in [-0.15, -0.1) is 0 Å². The number of nitrogens with zero attached hydrogens (tertiary/aromatic N) is 4.